The molecule has 1 amide bonds. The molecule has 1 N–H and O–H groups in total. The predicted octanol–water partition coefficient (Wildman–Crippen LogP) is -0.261. The highest BCUT2D eigenvalue weighted by Gasteiger charge is 2.31. The smallest absolute Gasteiger partial charge is 0.276 e. The van der Waals surface area contributed by atoms with E-state index in [1.165, 1.54) is 12.3 Å². The highest BCUT2D eigenvalue weighted by molar-refractivity contribution is 5.92. The minimum atomic E-state index is -0.126. The normalized spacial score (nSPS) is 17.2. The van der Waals surface area contributed by atoms with Crippen molar-refractivity contribution in [3.63, 3.8) is 0 Å². The summed E-state index contributed by atoms with van der Waals surface area (Å²) >= 11 is 0. The molecular formula is C8H10N2O3. The van der Waals surface area contributed by atoms with Crippen LogP contribution >= 0.6 is 0 Å². The molecule has 5 heteroatoms. The van der Waals surface area contributed by atoms with Crippen molar-refractivity contribution in [3.05, 3.63) is 18.0 Å². The van der Waals surface area contributed by atoms with Gasteiger partial charge in [-0.05, 0) is 0 Å². The van der Waals surface area contributed by atoms with E-state index >= 15 is 0 Å². The number of amides is 1. The molecule has 13 heavy (non-hydrogen) atoms. The molecule has 0 radical (unpaired) electrons. The van der Waals surface area contributed by atoms with Crippen molar-refractivity contribution >= 4 is 5.91 Å². The van der Waals surface area contributed by atoms with E-state index in [1.807, 2.05) is 0 Å². The lowest BCUT2D eigenvalue weighted by molar-refractivity contribution is 0.0353. The van der Waals surface area contributed by atoms with Gasteiger partial charge in [-0.25, -0.2) is 0 Å². The molecule has 1 aromatic heterocycles. The highest BCUT2D eigenvalue weighted by atomic mass is 16.5. The molecule has 1 fully saturated rings. The molecule has 2 heterocycles. The molecule has 70 valence electrons. The fraction of sp³-hybridized carbons (Fsp3) is 0.500. The molecule has 1 aromatic rings. The Bertz CT molecular complexity index is 290. The molecule has 0 spiro atoms. The molecule has 0 atom stereocenters. The van der Waals surface area contributed by atoms with Crippen LogP contribution in [0.1, 0.15) is 10.5 Å². The van der Waals surface area contributed by atoms with Crippen molar-refractivity contribution in [2.45, 2.75) is 0 Å². The van der Waals surface area contributed by atoms with Crippen LogP contribution in [0.3, 0.4) is 0 Å². The SMILES string of the molecule is O=C(c1ccon1)N1CC(CO)C1. The Hall–Kier alpha value is -1.36. The number of likely N-dealkylation sites (tertiary alicyclic amines) is 1. The van der Waals surface area contributed by atoms with Crippen LogP contribution in [0.2, 0.25) is 0 Å². The van der Waals surface area contributed by atoms with Gasteiger partial charge in [-0.3, -0.25) is 4.79 Å². The third kappa shape index (κ3) is 1.42. The molecule has 0 saturated carbocycles. The maximum absolute atomic E-state index is 11.5. The van der Waals surface area contributed by atoms with Crippen molar-refractivity contribution in [3.8, 4) is 0 Å². The zero-order chi connectivity index (χ0) is 9.26. The zero-order valence-electron chi connectivity index (χ0n) is 7.01. The maximum Gasteiger partial charge on any atom is 0.276 e. The van der Waals surface area contributed by atoms with E-state index in [0.29, 0.717) is 18.8 Å². The van der Waals surface area contributed by atoms with E-state index in [4.69, 9.17) is 5.11 Å². The summed E-state index contributed by atoms with van der Waals surface area (Å²) in [6, 6.07) is 1.54. The first-order valence-electron chi connectivity index (χ1n) is 4.12. The molecule has 0 bridgehead atoms. The minimum absolute atomic E-state index is 0.126. The first-order valence-corrected chi connectivity index (χ1v) is 4.12. The fourth-order valence-electron chi connectivity index (χ4n) is 1.34. The van der Waals surface area contributed by atoms with Crippen molar-refractivity contribution in [1.29, 1.82) is 0 Å². The summed E-state index contributed by atoms with van der Waals surface area (Å²) < 4.78 is 4.56. The lowest BCUT2D eigenvalue weighted by atomic mass is 10.0. The van der Waals surface area contributed by atoms with Crippen LogP contribution in [-0.4, -0.2) is 40.8 Å². The lowest BCUT2D eigenvalue weighted by Gasteiger charge is -2.37. The average molecular weight is 182 g/mol. The second kappa shape index (κ2) is 3.18. The van der Waals surface area contributed by atoms with Gasteiger partial charge >= 0.3 is 0 Å². The highest BCUT2D eigenvalue weighted by Crippen LogP contribution is 2.16. The van der Waals surface area contributed by atoms with E-state index in [1.54, 1.807) is 4.90 Å². The maximum atomic E-state index is 11.5. The topological polar surface area (TPSA) is 66.6 Å². The van der Waals surface area contributed by atoms with Gasteiger partial charge in [-0.15, -0.1) is 0 Å². The number of rotatable bonds is 2. The Balaban J connectivity index is 1.94. The number of hydrogen-bond acceptors (Lipinski definition) is 4. The van der Waals surface area contributed by atoms with Gasteiger partial charge in [0.2, 0.25) is 0 Å². The second-order valence-electron chi connectivity index (χ2n) is 3.14. The van der Waals surface area contributed by atoms with Crippen molar-refractivity contribution in [2.24, 2.45) is 5.92 Å². The standard InChI is InChI=1S/C8H10N2O3/c11-5-6-3-10(4-6)8(12)7-1-2-13-9-7/h1-2,6,11H,3-5H2. The monoisotopic (exact) mass is 182 g/mol. The fourth-order valence-corrected chi connectivity index (χ4v) is 1.34. The Labute approximate surface area is 74.9 Å². The van der Waals surface area contributed by atoms with Crippen LogP contribution in [0, 0.1) is 5.92 Å². The van der Waals surface area contributed by atoms with Gasteiger partial charge in [0.1, 0.15) is 6.26 Å². The second-order valence-corrected chi connectivity index (χ2v) is 3.14. The molecule has 1 aliphatic heterocycles. The van der Waals surface area contributed by atoms with Gasteiger partial charge in [-0.2, -0.15) is 0 Å². The molecule has 1 aliphatic rings. The molecular weight excluding hydrogens is 172 g/mol. The largest absolute Gasteiger partial charge is 0.396 e. The summed E-state index contributed by atoms with van der Waals surface area (Å²) in [6.45, 7) is 1.37. The Morgan fingerprint density at radius 3 is 3.08 bits per heavy atom. The average Bonchev–Trinajstić information content (AvgIpc) is 2.53. The number of aromatic nitrogens is 1. The van der Waals surface area contributed by atoms with E-state index < -0.39 is 0 Å². The number of nitrogens with zero attached hydrogens (tertiary/aromatic N) is 2. The Kier molecular flexibility index (Phi) is 2.02. The van der Waals surface area contributed by atoms with Gasteiger partial charge < -0.3 is 14.5 Å². The summed E-state index contributed by atoms with van der Waals surface area (Å²) in [5.74, 6) is 0.106. The van der Waals surface area contributed by atoms with Crippen LogP contribution in [0.25, 0.3) is 0 Å². The summed E-state index contributed by atoms with van der Waals surface area (Å²) in [6.07, 6.45) is 1.37. The first kappa shape index (κ1) is 8.25. The minimum Gasteiger partial charge on any atom is -0.396 e. The number of hydrogen-bond donors (Lipinski definition) is 1. The zero-order valence-corrected chi connectivity index (χ0v) is 7.01. The first-order chi connectivity index (χ1) is 6.31. The Morgan fingerprint density at radius 2 is 2.54 bits per heavy atom. The third-order valence-electron chi connectivity index (χ3n) is 2.16. The quantitative estimate of drug-likeness (QED) is 0.684. The Morgan fingerprint density at radius 1 is 1.77 bits per heavy atom. The number of aliphatic hydroxyl groups excluding tert-OH is 1. The van der Waals surface area contributed by atoms with Crippen molar-refractivity contribution in [2.75, 3.05) is 19.7 Å². The van der Waals surface area contributed by atoms with Gasteiger partial charge in [0, 0.05) is 31.7 Å². The van der Waals surface area contributed by atoms with Crippen LogP contribution in [0.4, 0.5) is 0 Å². The molecule has 5 nitrogen and oxygen atoms in total. The number of carbonyl (C=O) groups excluding carboxylic acids is 1. The van der Waals surface area contributed by atoms with Crippen LogP contribution in [0.15, 0.2) is 16.9 Å². The summed E-state index contributed by atoms with van der Waals surface area (Å²) in [7, 11) is 0. The van der Waals surface area contributed by atoms with Gasteiger partial charge in [-0.1, -0.05) is 5.16 Å². The third-order valence-corrected chi connectivity index (χ3v) is 2.16. The summed E-state index contributed by atoms with van der Waals surface area (Å²) in [5.41, 5.74) is 0.330. The summed E-state index contributed by atoms with van der Waals surface area (Å²) in [4.78, 5) is 13.1. The van der Waals surface area contributed by atoms with E-state index in [-0.39, 0.29) is 18.4 Å². The van der Waals surface area contributed by atoms with Gasteiger partial charge in [0.25, 0.3) is 5.91 Å². The van der Waals surface area contributed by atoms with Crippen molar-refractivity contribution < 1.29 is 14.4 Å². The van der Waals surface area contributed by atoms with E-state index in [9.17, 15) is 4.79 Å². The lowest BCUT2D eigenvalue weighted by Crippen LogP contribution is -2.51. The molecule has 2 rings (SSSR count). The van der Waals surface area contributed by atoms with E-state index in [2.05, 4.69) is 9.68 Å². The molecule has 1 saturated heterocycles. The molecule has 0 aromatic carbocycles. The molecule has 0 unspecified atom stereocenters. The number of aliphatic hydroxyl groups is 1. The summed E-state index contributed by atoms with van der Waals surface area (Å²) in [5, 5.41) is 12.3. The number of carbonyl (C=O) groups is 1. The van der Waals surface area contributed by atoms with Gasteiger partial charge in [0.05, 0.1) is 0 Å². The van der Waals surface area contributed by atoms with Crippen molar-refractivity contribution in [1.82, 2.24) is 10.1 Å². The molecule has 0 aliphatic carbocycles. The van der Waals surface area contributed by atoms with Crippen LogP contribution in [0.5, 0.6) is 0 Å². The van der Waals surface area contributed by atoms with Crippen LogP contribution < -0.4 is 0 Å². The van der Waals surface area contributed by atoms with E-state index in [0.717, 1.165) is 0 Å². The van der Waals surface area contributed by atoms with Gasteiger partial charge in [0.15, 0.2) is 5.69 Å². The van der Waals surface area contributed by atoms with Crippen LogP contribution in [-0.2, 0) is 0 Å². The predicted molar refractivity (Wildman–Crippen MR) is 43.0 cm³/mol.